The Labute approximate surface area is 184 Å². The van der Waals surface area contributed by atoms with Gasteiger partial charge in [0.2, 0.25) is 0 Å². The van der Waals surface area contributed by atoms with Crippen LogP contribution in [0, 0.1) is 11.3 Å². The van der Waals surface area contributed by atoms with Crippen LogP contribution in [0.15, 0.2) is 77.1 Å². The predicted octanol–water partition coefficient (Wildman–Crippen LogP) is 5.42. The van der Waals surface area contributed by atoms with Crippen molar-refractivity contribution in [1.29, 1.82) is 5.26 Å². The first-order chi connectivity index (χ1) is 15.1. The maximum atomic E-state index is 13.4. The van der Waals surface area contributed by atoms with Crippen LogP contribution in [0.4, 0.5) is 5.69 Å². The number of nitriles is 1. The molecule has 158 valence electrons. The predicted molar refractivity (Wildman–Crippen MR) is 125 cm³/mol. The first-order valence-corrected chi connectivity index (χ1v) is 11.1. The first kappa shape index (κ1) is 20.9. The molecule has 0 fully saturated rings. The Hall–Kier alpha value is -3.32. The van der Waals surface area contributed by atoms with Crippen molar-refractivity contribution in [3.63, 3.8) is 0 Å². The van der Waals surface area contributed by atoms with E-state index in [1.165, 1.54) is 5.56 Å². The Morgan fingerprint density at radius 3 is 2.29 bits per heavy atom. The van der Waals surface area contributed by atoms with Crippen LogP contribution >= 0.6 is 0 Å². The summed E-state index contributed by atoms with van der Waals surface area (Å²) in [6.45, 7) is 8.12. The Morgan fingerprint density at radius 2 is 1.68 bits per heavy atom. The summed E-state index contributed by atoms with van der Waals surface area (Å²) in [6.07, 6.45) is 1.27. The molecule has 0 amide bonds. The second-order valence-corrected chi connectivity index (χ2v) is 8.30. The van der Waals surface area contributed by atoms with Crippen LogP contribution in [0.2, 0.25) is 0 Å². The number of rotatable bonds is 5. The van der Waals surface area contributed by atoms with Crippen LogP contribution in [-0.2, 0) is 4.79 Å². The highest BCUT2D eigenvalue weighted by Gasteiger charge is 2.38. The lowest BCUT2D eigenvalue weighted by Crippen LogP contribution is -2.33. The van der Waals surface area contributed by atoms with Gasteiger partial charge in [0.25, 0.3) is 0 Å². The van der Waals surface area contributed by atoms with Crippen molar-refractivity contribution in [2.45, 2.75) is 45.4 Å². The number of anilines is 1. The fourth-order valence-corrected chi connectivity index (χ4v) is 4.95. The molecular weight excluding hydrogens is 382 g/mol. The summed E-state index contributed by atoms with van der Waals surface area (Å²) in [5.74, 6) is 0.0129. The molecule has 4 rings (SSSR count). The zero-order valence-electron chi connectivity index (χ0n) is 18.5. The second kappa shape index (κ2) is 8.81. The Bertz CT molecular complexity index is 1070. The summed E-state index contributed by atoms with van der Waals surface area (Å²) in [4.78, 5) is 15.7. The van der Waals surface area contributed by atoms with Crippen molar-refractivity contribution in [3.8, 4) is 6.07 Å². The Kier molecular flexibility index (Phi) is 5.95. The third-order valence-electron chi connectivity index (χ3n) is 6.57. The molecule has 2 aliphatic rings. The number of hydrogen-bond donors (Lipinski definition) is 1. The van der Waals surface area contributed by atoms with Gasteiger partial charge >= 0.3 is 0 Å². The van der Waals surface area contributed by atoms with Crippen LogP contribution in [0.3, 0.4) is 0 Å². The number of hydrogen-bond acceptors (Lipinski definition) is 4. The minimum absolute atomic E-state index is 0.140. The highest BCUT2D eigenvalue weighted by atomic mass is 16.1. The SMILES string of the molecule is CCN(CC)c1ccc(C2C(C#N)=C(C)NC3=C2C(=O)CC(c2ccccc2)C3)cc1. The van der Waals surface area contributed by atoms with Gasteiger partial charge in [-0.25, -0.2) is 0 Å². The van der Waals surface area contributed by atoms with Gasteiger partial charge in [0, 0.05) is 42.2 Å². The molecule has 0 spiro atoms. The molecule has 1 aliphatic heterocycles. The summed E-state index contributed by atoms with van der Waals surface area (Å²) in [7, 11) is 0. The molecule has 1 heterocycles. The monoisotopic (exact) mass is 411 g/mol. The Balaban J connectivity index is 1.73. The van der Waals surface area contributed by atoms with Gasteiger partial charge in [-0.05, 0) is 56.4 Å². The van der Waals surface area contributed by atoms with E-state index in [0.717, 1.165) is 47.7 Å². The van der Waals surface area contributed by atoms with E-state index in [9.17, 15) is 10.1 Å². The highest BCUT2D eigenvalue weighted by Crippen LogP contribution is 2.45. The molecule has 1 aliphatic carbocycles. The summed E-state index contributed by atoms with van der Waals surface area (Å²) < 4.78 is 0. The number of allylic oxidation sites excluding steroid dienone is 4. The molecule has 4 heteroatoms. The zero-order valence-corrected chi connectivity index (χ0v) is 18.5. The van der Waals surface area contributed by atoms with Gasteiger partial charge in [-0.3, -0.25) is 4.79 Å². The van der Waals surface area contributed by atoms with Gasteiger partial charge in [-0.15, -0.1) is 0 Å². The fourth-order valence-electron chi connectivity index (χ4n) is 4.95. The third kappa shape index (κ3) is 3.88. The summed E-state index contributed by atoms with van der Waals surface area (Å²) in [5, 5.41) is 13.3. The van der Waals surface area contributed by atoms with Gasteiger partial charge in [0.05, 0.1) is 17.6 Å². The normalized spacial score (nSPS) is 20.8. The maximum absolute atomic E-state index is 13.4. The standard InChI is InChI=1S/C27H29N3O/c1-4-30(5-2)22-13-11-20(12-14-22)26-23(17-28)18(3)29-24-15-21(16-25(31)27(24)26)19-9-7-6-8-10-19/h6-14,21,26,29H,4-5,15-16H2,1-3H3. The molecule has 2 atom stereocenters. The van der Waals surface area contributed by atoms with Crippen molar-refractivity contribution in [1.82, 2.24) is 5.32 Å². The van der Waals surface area contributed by atoms with E-state index < -0.39 is 0 Å². The molecule has 0 aromatic heterocycles. The summed E-state index contributed by atoms with van der Waals surface area (Å²) in [5.41, 5.74) is 6.59. The number of Topliss-reactive ketones (excluding diaryl/α,β-unsaturated/α-hetero) is 1. The van der Waals surface area contributed by atoms with Crippen molar-refractivity contribution in [2.75, 3.05) is 18.0 Å². The molecule has 0 saturated heterocycles. The van der Waals surface area contributed by atoms with E-state index in [4.69, 9.17) is 0 Å². The number of carbonyl (C=O) groups excluding carboxylic acids is 1. The van der Waals surface area contributed by atoms with Crippen molar-refractivity contribution >= 4 is 11.5 Å². The molecule has 2 aromatic rings. The van der Waals surface area contributed by atoms with Crippen LogP contribution < -0.4 is 10.2 Å². The fraction of sp³-hybridized carbons (Fsp3) is 0.333. The second-order valence-electron chi connectivity index (χ2n) is 8.30. The smallest absolute Gasteiger partial charge is 0.162 e. The van der Waals surface area contributed by atoms with Crippen LogP contribution in [0.5, 0.6) is 0 Å². The lowest BCUT2D eigenvalue weighted by atomic mass is 9.72. The highest BCUT2D eigenvalue weighted by molar-refractivity contribution is 6.00. The first-order valence-electron chi connectivity index (χ1n) is 11.1. The van der Waals surface area contributed by atoms with Gasteiger partial charge < -0.3 is 10.2 Å². The van der Waals surface area contributed by atoms with E-state index >= 15 is 0 Å². The molecule has 2 aromatic carbocycles. The molecule has 2 unspecified atom stereocenters. The van der Waals surface area contributed by atoms with E-state index in [0.29, 0.717) is 12.0 Å². The molecule has 1 N–H and O–H groups in total. The van der Waals surface area contributed by atoms with Crippen molar-refractivity contribution in [2.24, 2.45) is 0 Å². The number of carbonyl (C=O) groups is 1. The number of nitrogens with zero attached hydrogens (tertiary/aromatic N) is 2. The van der Waals surface area contributed by atoms with E-state index in [2.05, 4.69) is 66.5 Å². The topological polar surface area (TPSA) is 56.1 Å². The number of benzene rings is 2. The van der Waals surface area contributed by atoms with Gasteiger partial charge in [0.15, 0.2) is 5.78 Å². The molecule has 0 saturated carbocycles. The van der Waals surface area contributed by atoms with Crippen molar-refractivity contribution in [3.05, 3.63) is 88.3 Å². The van der Waals surface area contributed by atoms with Crippen molar-refractivity contribution < 1.29 is 4.79 Å². The van der Waals surface area contributed by atoms with E-state index in [-0.39, 0.29) is 17.6 Å². The average Bonchev–Trinajstić information content (AvgIpc) is 2.80. The largest absolute Gasteiger partial charge is 0.372 e. The zero-order chi connectivity index (χ0) is 22.0. The minimum Gasteiger partial charge on any atom is -0.372 e. The number of ketones is 1. The molecule has 0 bridgehead atoms. The van der Waals surface area contributed by atoms with Gasteiger partial charge in [-0.1, -0.05) is 42.5 Å². The molecular formula is C27H29N3O. The molecule has 4 nitrogen and oxygen atoms in total. The minimum atomic E-state index is -0.295. The van der Waals surface area contributed by atoms with Crippen LogP contribution in [-0.4, -0.2) is 18.9 Å². The Morgan fingerprint density at radius 1 is 1.00 bits per heavy atom. The van der Waals surface area contributed by atoms with Crippen LogP contribution in [0.1, 0.15) is 56.6 Å². The van der Waals surface area contributed by atoms with Gasteiger partial charge in [0.1, 0.15) is 0 Å². The average molecular weight is 412 g/mol. The number of dihydropyridines is 1. The van der Waals surface area contributed by atoms with Crippen LogP contribution in [0.25, 0.3) is 0 Å². The van der Waals surface area contributed by atoms with E-state index in [1.807, 2.05) is 25.1 Å². The van der Waals surface area contributed by atoms with E-state index in [1.54, 1.807) is 0 Å². The summed E-state index contributed by atoms with van der Waals surface area (Å²) >= 11 is 0. The lowest BCUT2D eigenvalue weighted by molar-refractivity contribution is -0.116. The van der Waals surface area contributed by atoms with Gasteiger partial charge in [-0.2, -0.15) is 5.26 Å². The number of nitrogens with one attached hydrogen (secondary N) is 1. The quantitative estimate of drug-likeness (QED) is 0.714. The molecule has 31 heavy (non-hydrogen) atoms. The summed E-state index contributed by atoms with van der Waals surface area (Å²) in [6, 6.07) is 21.0. The third-order valence-corrected chi connectivity index (χ3v) is 6.57. The lowest BCUT2D eigenvalue weighted by Gasteiger charge is -2.35. The molecule has 0 radical (unpaired) electrons. The maximum Gasteiger partial charge on any atom is 0.162 e.